The smallest absolute Gasteiger partial charge is 0.411 e. The van der Waals surface area contributed by atoms with Gasteiger partial charge in [0, 0.05) is 13.1 Å². The summed E-state index contributed by atoms with van der Waals surface area (Å²) in [5.74, 6) is -0.806. The maximum atomic E-state index is 12.3. The van der Waals surface area contributed by atoms with Crippen LogP contribution in [0.2, 0.25) is 0 Å². The molecule has 1 aliphatic rings. The molecule has 1 saturated heterocycles. The number of piperazine rings is 1. The lowest BCUT2D eigenvalue weighted by molar-refractivity contribution is -0.148. The minimum Gasteiger partial charge on any atom is -0.466 e. The topological polar surface area (TPSA) is 84.9 Å². The van der Waals surface area contributed by atoms with Gasteiger partial charge in [0.2, 0.25) is 5.91 Å². The average Bonchev–Trinajstić information content (AvgIpc) is 2.60. The van der Waals surface area contributed by atoms with Crippen molar-refractivity contribution in [1.29, 1.82) is 0 Å². The van der Waals surface area contributed by atoms with Gasteiger partial charge in [-0.15, -0.1) is 0 Å². The van der Waals surface area contributed by atoms with E-state index in [1.807, 2.05) is 0 Å². The third-order valence-electron chi connectivity index (χ3n) is 4.58. The first-order valence-corrected chi connectivity index (χ1v) is 10.7. The molecule has 0 aliphatic carbocycles. The Labute approximate surface area is 169 Å². The first-order valence-electron chi connectivity index (χ1n) is 10.7. The first kappa shape index (κ1) is 24.2. The number of carbonyl (C=O) groups is 3. The predicted molar refractivity (Wildman–Crippen MR) is 108 cm³/mol. The van der Waals surface area contributed by atoms with Crippen LogP contribution in [0.4, 0.5) is 4.79 Å². The molecule has 1 aliphatic heterocycles. The quantitative estimate of drug-likeness (QED) is 0.423. The number of ether oxygens (including phenoxy) is 2. The number of amides is 2. The molecule has 1 rings (SSSR count). The van der Waals surface area contributed by atoms with Gasteiger partial charge in [-0.3, -0.25) is 14.5 Å². The number of nitrogens with one attached hydrogen (secondary N) is 1. The minimum absolute atomic E-state index is 0.151. The van der Waals surface area contributed by atoms with Crippen molar-refractivity contribution >= 4 is 18.0 Å². The normalized spacial score (nSPS) is 17.2. The highest BCUT2D eigenvalue weighted by Gasteiger charge is 2.37. The van der Waals surface area contributed by atoms with Gasteiger partial charge in [-0.2, -0.15) is 0 Å². The lowest BCUT2D eigenvalue weighted by Crippen LogP contribution is -2.58. The van der Waals surface area contributed by atoms with E-state index in [9.17, 15) is 14.4 Å². The van der Waals surface area contributed by atoms with Gasteiger partial charge in [0.25, 0.3) is 0 Å². The summed E-state index contributed by atoms with van der Waals surface area (Å²) in [5, 5.41) is 2.69. The molecule has 0 aromatic rings. The van der Waals surface area contributed by atoms with Crippen molar-refractivity contribution in [3.05, 3.63) is 0 Å². The van der Waals surface area contributed by atoms with Gasteiger partial charge in [0.15, 0.2) is 0 Å². The monoisotopic (exact) mass is 398 g/mol. The van der Waals surface area contributed by atoms with E-state index in [2.05, 4.69) is 12.2 Å². The van der Waals surface area contributed by atoms with Crippen molar-refractivity contribution in [3.63, 3.8) is 0 Å². The van der Waals surface area contributed by atoms with Gasteiger partial charge in [0.05, 0.1) is 13.0 Å². The molecule has 1 atom stereocenters. The van der Waals surface area contributed by atoms with E-state index < -0.39 is 23.7 Å². The Hall–Kier alpha value is -1.79. The Morgan fingerprint density at radius 1 is 1.07 bits per heavy atom. The second-order valence-electron chi connectivity index (χ2n) is 8.38. The molecule has 1 fully saturated rings. The summed E-state index contributed by atoms with van der Waals surface area (Å²) in [6, 6.07) is -0.880. The molecule has 162 valence electrons. The average molecular weight is 399 g/mol. The second kappa shape index (κ2) is 12.6. The summed E-state index contributed by atoms with van der Waals surface area (Å²) < 4.78 is 10.6. The summed E-state index contributed by atoms with van der Waals surface area (Å²) in [6.07, 6.45) is 8.62. The Morgan fingerprint density at radius 3 is 2.29 bits per heavy atom. The van der Waals surface area contributed by atoms with Crippen molar-refractivity contribution in [2.45, 2.75) is 97.1 Å². The summed E-state index contributed by atoms with van der Waals surface area (Å²) in [6.45, 7) is 8.52. The van der Waals surface area contributed by atoms with E-state index in [1.165, 1.54) is 37.0 Å². The van der Waals surface area contributed by atoms with Crippen molar-refractivity contribution in [2.24, 2.45) is 0 Å². The molecule has 7 nitrogen and oxygen atoms in total. The lowest BCUT2D eigenvalue weighted by Gasteiger charge is -2.35. The highest BCUT2D eigenvalue weighted by molar-refractivity contribution is 5.90. The Kier molecular flexibility index (Phi) is 10.9. The fraction of sp³-hybridized carbons (Fsp3) is 0.857. The molecule has 7 heteroatoms. The van der Waals surface area contributed by atoms with Gasteiger partial charge < -0.3 is 14.8 Å². The van der Waals surface area contributed by atoms with Crippen molar-refractivity contribution in [2.75, 3.05) is 19.7 Å². The van der Waals surface area contributed by atoms with Gasteiger partial charge in [0.1, 0.15) is 11.6 Å². The van der Waals surface area contributed by atoms with Crippen LogP contribution in [-0.4, -0.2) is 54.2 Å². The summed E-state index contributed by atoms with van der Waals surface area (Å²) in [7, 11) is 0. The predicted octanol–water partition coefficient (Wildman–Crippen LogP) is 3.80. The van der Waals surface area contributed by atoms with E-state index in [0.717, 1.165) is 19.3 Å². The molecule has 0 spiro atoms. The zero-order valence-corrected chi connectivity index (χ0v) is 18.1. The third kappa shape index (κ3) is 9.95. The Balaban J connectivity index is 2.32. The maximum absolute atomic E-state index is 12.3. The molecular formula is C21H38N2O5. The minimum atomic E-state index is -0.880. The van der Waals surface area contributed by atoms with Gasteiger partial charge in [-0.1, -0.05) is 51.9 Å². The largest absolute Gasteiger partial charge is 0.466 e. The molecule has 0 bridgehead atoms. The second-order valence-corrected chi connectivity index (χ2v) is 8.38. The number of hydrogen-bond donors (Lipinski definition) is 1. The highest BCUT2D eigenvalue weighted by atomic mass is 16.6. The Bertz CT molecular complexity index is 502. The SMILES string of the molecule is CCCCCCCCCCOC(=O)CC1C(=O)NCCN1C(=O)OC(C)(C)C. The number of carbonyl (C=O) groups excluding carboxylic acids is 3. The fourth-order valence-corrected chi connectivity index (χ4v) is 3.10. The van der Waals surface area contributed by atoms with Crippen LogP contribution < -0.4 is 5.32 Å². The lowest BCUT2D eigenvalue weighted by atomic mass is 10.1. The molecule has 0 aromatic carbocycles. The summed E-state index contributed by atoms with van der Waals surface area (Å²) >= 11 is 0. The number of nitrogens with zero attached hydrogens (tertiary/aromatic N) is 1. The zero-order valence-electron chi connectivity index (χ0n) is 18.1. The summed E-state index contributed by atoms with van der Waals surface area (Å²) in [4.78, 5) is 38.0. The molecule has 0 aromatic heterocycles. The van der Waals surface area contributed by atoms with Gasteiger partial charge >= 0.3 is 12.1 Å². The molecule has 0 saturated carbocycles. The number of hydrogen-bond acceptors (Lipinski definition) is 5. The van der Waals surface area contributed by atoms with Crippen LogP contribution in [0, 0.1) is 0 Å². The number of unbranched alkanes of at least 4 members (excludes halogenated alkanes) is 7. The summed E-state index contributed by atoms with van der Waals surface area (Å²) in [5.41, 5.74) is -0.660. The molecule has 2 amide bonds. The third-order valence-corrected chi connectivity index (χ3v) is 4.58. The van der Waals surface area contributed by atoms with E-state index >= 15 is 0 Å². The molecule has 0 radical (unpaired) electrons. The first-order chi connectivity index (χ1) is 13.2. The van der Waals surface area contributed by atoms with E-state index in [0.29, 0.717) is 19.7 Å². The van der Waals surface area contributed by atoms with Crippen LogP contribution in [0.25, 0.3) is 0 Å². The number of esters is 1. The van der Waals surface area contributed by atoms with Crippen LogP contribution >= 0.6 is 0 Å². The van der Waals surface area contributed by atoms with E-state index in [4.69, 9.17) is 9.47 Å². The Morgan fingerprint density at radius 2 is 1.68 bits per heavy atom. The number of rotatable bonds is 11. The fourth-order valence-electron chi connectivity index (χ4n) is 3.10. The van der Waals surface area contributed by atoms with E-state index in [-0.39, 0.29) is 12.3 Å². The zero-order chi connectivity index (χ0) is 21.0. The van der Waals surface area contributed by atoms with Crippen molar-refractivity contribution in [1.82, 2.24) is 10.2 Å². The van der Waals surface area contributed by atoms with Crippen LogP contribution in [0.3, 0.4) is 0 Å². The van der Waals surface area contributed by atoms with Gasteiger partial charge in [-0.05, 0) is 27.2 Å². The van der Waals surface area contributed by atoms with Crippen LogP contribution in [-0.2, 0) is 19.1 Å². The standard InChI is InChI=1S/C21H38N2O5/c1-5-6-7-8-9-10-11-12-15-27-18(24)16-17-19(25)22-13-14-23(17)20(26)28-21(2,3)4/h17H,5-16H2,1-4H3,(H,22,25). The molecular weight excluding hydrogens is 360 g/mol. The molecule has 1 unspecified atom stereocenters. The molecule has 1 heterocycles. The molecule has 28 heavy (non-hydrogen) atoms. The van der Waals surface area contributed by atoms with Crippen molar-refractivity contribution in [3.8, 4) is 0 Å². The van der Waals surface area contributed by atoms with Crippen LogP contribution in [0.15, 0.2) is 0 Å². The van der Waals surface area contributed by atoms with Gasteiger partial charge in [-0.25, -0.2) is 4.79 Å². The van der Waals surface area contributed by atoms with E-state index in [1.54, 1.807) is 20.8 Å². The van der Waals surface area contributed by atoms with Crippen molar-refractivity contribution < 1.29 is 23.9 Å². The maximum Gasteiger partial charge on any atom is 0.411 e. The molecule has 1 N–H and O–H groups in total. The van der Waals surface area contributed by atoms with Crippen LogP contribution in [0.1, 0.15) is 85.5 Å². The highest BCUT2D eigenvalue weighted by Crippen LogP contribution is 2.16. The van der Waals surface area contributed by atoms with Crippen LogP contribution in [0.5, 0.6) is 0 Å².